The smallest absolute Gasteiger partial charge is 0.244 e. The molecule has 0 spiro atoms. The highest BCUT2D eigenvalue weighted by Crippen LogP contribution is 2.25. The first-order valence-electron chi connectivity index (χ1n) is 9.48. The van der Waals surface area contributed by atoms with Crippen LogP contribution in [0.1, 0.15) is 31.0 Å². The number of hydrogen-bond acceptors (Lipinski definition) is 6. The minimum absolute atomic E-state index is 0.0350. The minimum Gasteiger partial charge on any atom is -0.337 e. The van der Waals surface area contributed by atoms with E-state index < -0.39 is 0 Å². The summed E-state index contributed by atoms with van der Waals surface area (Å²) in [5, 5.41) is 13.5. The Morgan fingerprint density at radius 3 is 2.83 bits per heavy atom. The summed E-state index contributed by atoms with van der Waals surface area (Å²) in [6, 6.07) is 12.4. The number of aromatic nitrogens is 4. The molecule has 0 radical (unpaired) electrons. The highest BCUT2D eigenvalue weighted by Gasteiger charge is 2.19. The summed E-state index contributed by atoms with van der Waals surface area (Å²) in [5.74, 6) is 1.02. The fourth-order valence-corrected chi connectivity index (χ4v) is 3.72. The summed E-state index contributed by atoms with van der Waals surface area (Å²) in [5.41, 5.74) is 2.79. The molecule has 0 aliphatic carbocycles. The van der Waals surface area contributed by atoms with Gasteiger partial charge in [0.05, 0.1) is 16.6 Å². The van der Waals surface area contributed by atoms with Crippen molar-refractivity contribution in [3.8, 4) is 22.0 Å². The van der Waals surface area contributed by atoms with Gasteiger partial charge in [-0.05, 0) is 75.1 Å². The number of nitrogens with one attached hydrogen (secondary N) is 1. The Morgan fingerprint density at radius 2 is 2.07 bits per heavy atom. The molecule has 0 aliphatic rings. The maximum atomic E-state index is 13.1. The summed E-state index contributed by atoms with van der Waals surface area (Å²) >= 11 is 1.60. The number of aromatic amines is 1. The normalized spacial score (nSPS) is 12.6. The van der Waals surface area contributed by atoms with Crippen molar-refractivity contribution < 1.29 is 8.91 Å². The summed E-state index contributed by atoms with van der Waals surface area (Å²) in [6.45, 7) is 2.94. The molecule has 29 heavy (non-hydrogen) atoms. The fraction of sp³-hybridized carbons (Fsp3) is 0.286. The van der Waals surface area contributed by atoms with Gasteiger partial charge in [-0.15, -0.1) is 11.3 Å². The molecule has 1 unspecified atom stereocenters. The number of hydrogen-bond donors (Lipinski definition) is 1. The number of thiophene rings is 1. The first-order valence-corrected chi connectivity index (χ1v) is 10.4. The van der Waals surface area contributed by atoms with Crippen molar-refractivity contribution in [3.05, 3.63) is 65.2 Å². The molecule has 4 rings (SSSR count). The van der Waals surface area contributed by atoms with E-state index in [1.165, 1.54) is 12.1 Å². The van der Waals surface area contributed by atoms with E-state index >= 15 is 0 Å². The zero-order chi connectivity index (χ0) is 20.2. The number of H-pyrrole nitrogens is 1. The van der Waals surface area contributed by atoms with Crippen molar-refractivity contribution in [2.45, 2.75) is 25.8 Å². The van der Waals surface area contributed by atoms with Gasteiger partial charge in [-0.25, -0.2) is 4.39 Å². The maximum absolute atomic E-state index is 13.1. The van der Waals surface area contributed by atoms with Crippen LogP contribution in [-0.2, 0) is 6.42 Å². The van der Waals surface area contributed by atoms with E-state index in [1.54, 1.807) is 23.5 Å². The lowest BCUT2D eigenvalue weighted by Crippen LogP contribution is -2.24. The van der Waals surface area contributed by atoms with Crippen LogP contribution in [0.5, 0.6) is 0 Å². The van der Waals surface area contributed by atoms with Crippen molar-refractivity contribution in [1.82, 2.24) is 25.2 Å². The highest BCUT2D eigenvalue weighted by atomic mass is 32.1. The molecule has 8 heteroatoms. The lowest BCUT2D eigenvalue weighted by molar-refractivity contribution is 0.207. The molecule has 1 N–H and O–H groups in total. The highest BCUT2D eigenvalue weighted by molar-refractivity contribution is 7.13. The largest absolute Gasteiger partial charge is 0.337 e. The number of nitrogens with zero attached hydrogens (tertiary/aromatic N) is 4. The van der Waals surface area contributed by atoms with E-state index in [-0.39, 0.29) is 11.9 Å². The fourth-order valence-electron chi connectivity index (χ4n) is 3.07. The standard InChI is InChI=1S/C21H22FN5OS/c1-14(21-23-20(26-28-21)19-6-4-12-29-19)27(2)11-3-5-17-13-18(25-24-17)15-7-9-16(22)10-8-15/h4,6-10,12-14H,3,5,11H2,1-2H3,(H,24,25). The molecule has 0 saturated heterocycles. The topological polar surface area (TPSA) is 70.8 Å². The lowest BCUT2D eigenvalue weighted by atomic mass is 10.1. The Balaban J connectivity index is 1.30. The van der Waals surface area contributed by atoms with E-state index in [2.05, 4.69) is 39.2 Å². The van der Waals surface area contributed by atoms with Gasteiger partial charge in [0.15, 0.2) is 0 Å². The monoisotopic (exact) mass is 411 g/mol. The van der Waals surface area contributed by atoms with Gasteiger partial charge in [0, 0.05) is 11.3 Å². The van der Waals surface area contributed by atoms with Crippen molar-refractivity contribution in [1.29, 1.82) is 0 Å². The molecule has 0 amide bonds. The van der Waals surface area contributed by atoms with Crippen molar-refractivity contribution in [2.24, 2.45) is 0 Å². The molecule has 6 nitrogen and oxygen atoms in total. The third kappa shape index (κ3) is 4.60. The van der Waals surface area contributed by atoms with Gasteiger partial charge in [-0.2, -0.15) is 10.1 Å². The van der Waals surface area contributed by atoms with Crippen LogP contribution in [0.4, 0.5) is 4.39 Å². The first kappa shape index (κ1) is 19.5. The average Bonchev–Trinajstić information content (AvgIpc) is 3.48. The first-order chi connectivity index (χ1) is 14.1. The Labute approximate surface area is 172 Å². The quantitative estimate of drug-likeness (QED) is 0.444. The third-order valence-electron chi connectivity index (χ3n) is 4.93. The molecule has 1 aromatic carbocycles. The van der Waals surface area contributed by atoms with Gasteiger partial charge in [-0.3, -0.25) is 10.00 Å². The van der Waals surface area contributed by atoms with E-state index in [0.29, 0.717) is 11.7 Å². The van der Waals surface area contributed by atoms with Crippen molar-refractivity contribution in [3.63, 3.8) is 0 Å². The molecule has 150 valence electrons. The summed E-state index contributed by atoms with van der Waals surface area (Å²) < 4.78 is 18.5. The van der Waals surface area contributed by atoms with E-state index in [1.807, 2.05) is 23.6 Å². The van der Waals surface area contributed by atoms with Crippen LogP contribution < -0.4 is 0 Å². The zero-order valence-electron chi connectivity index (χ0n) is 16.3. The van der Waals surface area contributed by atoms with E-state index in [4.69, 9.17) is 4.52 Å². The number of benzene rings is 1. The van der Waals surface area contributed by atoms with Crippen LogP contribution in [0.2, 0.25) is 0 Å². The molecule has 0 bridgehead atoms. The molecule has 1 atom stereocenters. The molecular formula is C21H22FN5OS. The van der Waals surface area contributed by atoms with Gasteiger partial charge in [-0.1, -0.05) is 11.2 Å². The van der Waals surface area contributed by atoms with Gasteiger partial charge in [0.25, 0.3) is 0 Å². The second kappa shape index (κ2) is 8.67. The van der Waals surface area contributed by atoms with Gasteiger partial charge in [0.1, 0.15) is 5.82 Å². The van der Waals surface area contributed by atoms with Crippen molar-refractivity contribution >= 4 is 11.3 Å². The van der Waals surface area contributed by atoms with Crippen LogP contribution in [0.25, 0.3) is 22.0 Å². The van der Waals surface area contributed by atoms with Gasteiger partial charge < -0.3 is 4.52 Å². The summed E-state index contributed by atoms with van der Waals surface area (Å²) in [4.78, 5) is 7.73. The predicted octanol–water partition coefficient (Wildman–Crippen LogP) is 4.95. The second-order valence-corrected chi connectivity index (χ2v) is 7.93. The van der Waals surface area contributed by atoms with Crippen LogP contribution in [0.15, 0.2) is 52.4 Å². The zero-order valence-corrected chi connectivity index (χ0v) is 17.1. The maximum Gasteiger partial charge on any atom is 0.244 e. The van der Waals surface area contributed by atoms with E-state index in [0.717, 1.165) is 41.2 Å². The molecule has 0 saturated carbocycles. The molecule has 3 heterocycles. The third-order valence-corrected chi connectivity index (χ3v) is 5.80. The molecule has 0 fully saturated rings. The van der Waals surface area contributed by atoms with Crippen LogP contribution in [-0.4, -0.2) is 38.8 Å². The Kier molecular flexibility index (Phi) is 5.82. The molecular weight excluding hydrogens is 389 g/mol. The van der Waals surface area contributed by atoms with Crippen molar-refractivity contribution in [2.75, 3.05) is 13.6 Å². The number of aryl methyl sites for hydroxylation is 1. The SMILES string of the molecule is CC(c1nc(-c2cccs2)no1)N(C)CCCc1cc(-c2ccc(F)cc2)n[nH]1. The molecule has 0 aliphatic heterocycles. The summed E-state index contributed by atoms with van der Waals surface area (Å²) in [7, 11) is 2.05. The minimum atomic E-state index is -0.245. The average molecular weight is 412 g/mol. The molecule has 3 aromatic heterocycles. The summed E-state index contributed by atoms with van der Waals surface area (Å²) in [6.07, 6.45) is 1.83. The van der Waals surface area contributed by atoms with Gasteiger partial charge in [0.2, 0.25) is 11.7 Å². The number of rotatable bonds is 8. The Bertz CT molecular complexity index is 1040. The van der Waals surface area contributed by atoms with Crippen LogP contribution in [0.3, 0.4) is 0 Å². The van der Waals surface area contributed by atoms with Gasteiger partial charge >= 0.3 is 0 Å². The lowest BCUT2D eigenvalue weighted by Gasteiger charge is -2.21. The predicted molar refractivity (Wildman–Crippen MR) is 111 cm³/mol. The number of halogens is 1. The second-order valence-electron chi connectivity index (χ2n) is 6.98. The van der Waals surface area contributed by atoms with Crippen LogP contribution >= 0.6 is 11.3 Å². The van der Waals surface area contributed by atoms with Crippen LogP contribution in [0, 0.1) is 5.82 Å². The Morgan fingerprint density at radius 1 is 1.24 bits per heavy atom. The van der Waals surface area contributed by atoms with E-state index in [9.17, 15) is 4.39 Å². The molecule has 4 aromatic rings. The Hall–Kier alpha value is -2.84.